The second-order valence-corrected chi connectivity index (χ2v) is 3.34. The third-order valence-electron chi connectivity index (χ3n) is 1.74. The standard InChI is InChI=1S/C9H11N3OS/c1-4-5-7-8(10-6-13)11-9(14-3)12(7)2/h4-5H,1-3H3/b5-4+. The molecule has 0 N–H and O–H groups in total. The van der Waals surface area contributed by atoms with E-state index in [0.717, 1.165) is 10.9 Å². The summed E-state index contributed by atoms with van der Waals surface area (Å²) in [5.74, 6) is 0.421. The zero-order valence-corrected chi connectivity index (χ0v) is 9.13. The molecule has 0 spiro atoms. The van der Waals surface area contributed by atoms with Crippen molar-refractivity contribution in [2.75, 3.05) is 6.26 Å². The van der Waals surface area contributed by atoms with Crippen LogP contribution in [0, 0.1) is 0 Å². The summed E-state index contributed by atoms with van der Waals surface area (Å²) in [6.07, 6.45) is 7.17. The molecule has 1 aromatic rings. The van der Waals surface area contributed by atoms with Crippen LogP contribution in [0.5, 0.6) is 0 Å². The van der Waals surface area contributed by atoms with Crippen LogP contribution in [0.2, 0.25) is 0 Å². The van der Waals surface area contributed by atoms with E-state index in [-0.39, 0.29) is 0 Å². The second kappa shape index (κ2) is 4.79. The van der Waals surface area contributed by atoms with Crippen molar-refractivity contribution >= 4 is 29.7 Å². The molecule has 0 saturated carbocycles. The van der Waals surface area contributed by atoms with Gasteiger partial charge >= 0.3 is 0 Å². The highest BCUT2D eigenvalue weighted by molar-refractivity contribution is 7.98. The zero-order chi connectivity index (χ0) is 10.6. The summed E-state index contributed by atoms with van der Waals surface area (Å²) in [6, 6.07) is 0. The highest BCUT2D eigenvalue weighted by Gasteiger charge is 2.10. The number of thioether (sulfide) groups is 1. The topological polar surface area (TPSA) is 47.2 Å². The van der Waals surface area contributed by atoms with Gasteiger partial charge in [-0.25, -0.2) is 9.78 Å². The Labute approximate surface area is 86.8 Å². The molecule has 0 amide bonds. The predicted molar refractivity (Wildman–Crippen MR) is 57.5 cm³/mol. The Morgan fingerprint density at radius 3 is 2.86 bits per heavy atom. The third-order valence-corrected chi connectivity index (χ3v) is 2.47. The fourth-order valence-corrected chi connectivity index (χ4v) is 1.68. The van der Waals surface area contributed by atoms with Crippen LogP contribution < -0.4 is 0 Å². The molecule has 0 saturated heterocycles. The van der Waals surface area contributed by atoms with Gasteiger partial charge in [0, 0.05) is 7.05 Å². The summed E-state index contributed by atoms with van der Waals surface area (Å²) >= 11 is 1.51. The maximum Gasteiger partial charge on any atom is 0.242 e. The Kier molecular flexibility index (Phi) is 3.68. The van der Waals surface area contributed by atoms with Gasteiger partial charge in [-0.1, -0.05) is 17.8 Å². The Hall–Kier alpha value is -1.32. The molecule has 5 heteroatoms. The van der Waals surface area contributed by atoms with E-state index in [2.05, 4.69) is 9.98 Å². The molecule has 0 radical (unpaired) electrons. The predicted octanol–water partition coefficient (Wildman–Crippen LogP) is 2.14. The maximum absolute atomic E-state index is 10.2. The minimum atomic E-state index is 0.421. The lowest BCUT2D eigenvalue weighted by molar-refractivity contribution is 0.565. The van der Waals surface area contributed by atoms with Crippen LogP contribution in [0.4, 0.5) is 5.82 Å². The maximum atomic E-state index is 10.2. The lowest BCUT2D eigenvalue weighted by Crippen LogP contribution is -1.92. The Morgan fingerprint density at radius 1 is 1.64 bits per heavy atom. The van der Waals surface area contributed by atoms with E-state index >= 15 is 0 Å². The molecule has 74 valence electrons. The monoisotopic (exact) mass is 209 g/mol. The zero-order valence-electron chi connectivity index (χ0n) is 8.31. The van der Waals surface area contributed by atoms with Crippen molar-refractivity contribution in [3.8, 4) is 0 Å². The summed E-state index contributed by atoms with van der Waals surface area (Å²) in [5, 5.41) is 0.826. The minimum absolute atomic E-state index is 0.421. The minimum Gasteiger partial charge on any atom is -0.321 e. The lowest BCUT2D eigenvalue weighted by atomic mass is 10.4. The molecular weight excluding hydrogens is 198 g/mol. The van der Waals surface area contributed by atoms with Gasteiger partial charge in [-0.05, 0) is 19.3 Å². The number of isocyanates is 1. The van der Waals surface area contributed by atoms with Crippen LogP contribution in [0.1, 0.15) is 12.6 Å². The molecular formula is C9H11N3OS. The summed E-state index contributed by atoms with van der Waals surface area (Å²) in [7, 11) is 1.89. The van der Waals surface area contributed by atoms with E-state index < -0.39 is 0 Å². The number of rotatable bonds is 3. The van der Waals surface area contributed by atoms with E-state index in [1.807, 2.05) is 36.9 Å². The van der Waals surface area contributed by atoms with Crippen LogP contribution in [-0.4, -0.2) is 21.9 Å². The van der Waals surface area contributed by atoms with E-state index in [9.17, 15) is 4.79 Å². The number of aliphatic imine (C=N–C) groups is 1. The van der Waals surface area contributed by atoms with Gasteiger partial charge < -0.3 is 4.57 Å². The van der Waals surface area contributed by atoms with Crippen molar-refractivity contribution < 1.29 is 4.79 Å². The van der Waals surface area contributed by atoms with Crippen molar-refractivity contribution in [1.29, 1.82) is 0 Å². The van der Waals surface area contributed by atoms with E-state index in [4.69, 9.17) is 0 Å². The number of allylic oxidation sites excluding steroid dienone is 1. The molecule has 1 aromatic heterocycles. The SMILES string of the molecule is C/C=C/c1c(N=C=O)nc(SC)n1C. The molecule has 0 bridgehead atoms. The van der Waals surface area contributed by atoms with Crippen molar-refractivity contribution in [3.63, 3.8) is 0 Å². The van der Waals surface area contributed by atoms with Gasteiger partial charge in [0.25, 0.3) is 0 Å². The highest BCUT2D eigenvalue weighted by Crippen LogP contribution is 2.24. The second-order valence-electron chi connectivity index (χ2n) is 2.57. The number of imidazole rings is 1. The van der Waals surface area contributed by atoms with Crippen LogP contribution in [0.25, 0.3) is 6.08 Å². The van der Waals surface area contributed by atoms with Gasteiger partial charge in [0.1, 0.15) is 0 Å². The van der Waals surface area contributed by atoms with Crippen molar-refractivity contribution in [2.45, 2.75) is 12.1 Å². The summed E-state index contributed by atoms with van der Waals surface area (Å²) < 4.78 is 1.89. The molecule has 14 heavy (non-hydrogen) atoms. The van der Waals surface area contributed by atoms with Gasteiger partial charge in [0.2, 0.25) is 6.08 Å². The van der Waals surface area contributed by atoms with Gasteiger partial charge in [-0.2, -0.15) is 0 Å². The quantitative estimate of drug-likeness (QED) is 0.435. The first-order valence-corrected chi connectivity index (χ1v) is 5.28. The fourth-order valence-electron chi connectivity index (χ4n) is 1.13. The van der Waals surface area contributed by atoms with Crippen LogP contribution in [-0.2, 0) is 11.8 Å². The first kappa shape index (κ1) is 10.8. The summed E-state index contributed by atoms with van der Waals surface area (Å²) in [5.41, 5.74) is 0.820. The molecule has 1 rings (SSSR count). The molecule has 0 aliphatic carbocycles. The van der Waals surface area contributed by atoms with Crippen molar-refractivity contribution in [2.24, 2.45) is 12.0 Å². The van der Waals surface area contributed by atoms with Crippen LogP contribution >= 0.6 is 11.8 Å². The number of hydrogen-bond donors (Lipinski definition) is 0. The normalized spacial score (nSPS) is 10.5. The molecule has 0 atom stereocenters. The van der Waals surface area contributed by atoms with Crippen LogP contribution in [0.3, 0.4) is 0 Å². The average Bonchev–Trinajstić information content (AvgIpc) is 2.47. The van der Waals surface area contributed by atoms with Gasteiger partial charge in [0.05, 0.1) is 5.69 Å². The number of carbonyl (C=O) groups excluding carboxylic acids is 1. The van der Waals surface area contributed by atoms with Gasteiger partial charge in [0.15, 0.2) is 11.0 Å². The molecule has 4 nitrogen and oxygen atoms in total. The Balaban J connectivity index is 3.33. The fraction of sp³-hybridized carbons (Fsp3) is 0.333. The molecule has 0 fully saturated rings. The first-order valence-electron chi connectivity index (χ1n) is 4.05. The van der Waals surface area contributed by atoms with E-state index in [0.29, 0.717) is 5.82 Å². The Morgan fingerprint density at radius 2 is 2.36 bits per heavy atom. The number of hydrogen-bond acceptors (Lipinski definition) is 4. The van der Waals surface area contributed by atoms with E-state index in [1.54, 1.807) is 0 Å². The highest BCUT2D eigenvalue weighted by atomic mass is 32.2. The lowest BCUT2D eigenvalue weighted by Gasteiger charge is -1.98. The van der Waals surface area contributed by atoms with Crippen molar-refractivity contribution in [3.05, 3.63) is 11.8 Å². The van der Waals surface area contributed by atoms with E-state index in [1.165, 1.54) is 17.8 Å². The third kappa shape index (κ3) is 1.95. The molecule has 0 unspecified atom stereocenters. The number of nitrogens with zero attached hydrogens (tertiary/aromatic N) is 3. The Bertz CT molecular complexity index is 402. The summed E-state index contributed by atoms with van der Waals surface area (Å²) in [4.78, 5) is 17.9. The summed E-state index contributed by atoms with van der Waals surface area (Å²) in [6.45, 7) is 1.90. The van der Waals surface area contributed by atoms with Crippen molar-refractivity contribution in [1.82, 2.24) is 9.55 Å². The smallest absolute Gasteiger partial charge is 0.242 e. The molecule has 0 aromatic carbocycles. The molecule has 0 aliphatic rings. The molecule has 0 aliphatic heterocycles. The first-order chi connectivity index (χ1) is 6.74. The van der Waals surface area contributed by atoms with Gasteiger partial charge in [-0.15, -0.1) is 4.99 Å². The average molecular weight is 209 g/mol. The largest absolute Gasteiger partial charge is 0.321 e. The number of aromatic nitrogens is 2. The van der Waals surface area contributed by atoms with Crippen LogP contribution in [0.15, 0.2) is 16.2 Å². The molecule has 1 heterocycles. The van der Waals surface area contributed by atoms with Gasteiger partial charge in [-0.3, -0.25) is 0 Å².